The minimum atomic E-state index is -4.60. The fraction of sp³-hybridized carbons (Fsp3) is 0.600. The first kappa shape index (κ1) is 17.9. The van der Waals surface area contributed by atoms with Crippen molar-refractivity contribution in [1.82, 2.24) is 4.90 Å². The largest absolute Gasteiger partial charge is 0.416 e. The molecule has 0 amide bonds. The summed E-state index contributed by atoms with van der Waals surface area (Å²) in [6, 6.07) is 2.21. The van der Waals surface area contributed by atoms with Crippen molar-refractivity contribution < 1.29 is 17.6 Å². The van der Waals surface area contributed by atoms with E-state index in [1.165, 1.54) is 6.07 Å². The normalized spacial score (nSPS) is 14.0. The van der Waals surface area contributed by atoms with Crippen LogP contribution >= 0.6 is 0 Å². The first-order chi connectivity index (χ1) is 9.70. The molecule has 0 heterocycles. The number of halogens is 4. The summed E-state index contributed by atoms with van der Waals surface area (Å²) in [7, 11) is 0. The van der Waals surface area contributed by atoms with Crippen LogP contribution in [0.25, 0.3) is 0 Å². The maximum Gasteiger partial charge on any atom is 0.416 e. The summed E-state index contributed by atoms with van der Waals surface area (Å²) in [6.07, 6.45) is -4.60. The van der Waals surface area contributed by atoms with Crippen molar-refractivity contribution in [2.24, 2.45) is 11.7 Å². The number of hydrogen-bond acceptors (Lipinski definition) is 2. The molecule has 0 saturated heterocycles. The van der Waals surface area contributed by atoms with Gasteiger partial charge < -0.3 is 5.73 Å². The molecular weight excluding hydrogens is 284 g/mol. The fourth-order valence-corrected chi connectivity index (χ4v) is 2.48. The van der Waals surface area contributed by atoms with E-state index in [9.17, 15) is 17.6 Å². The summed E-state index contributed by atoms with van der Waals surface area (Å²) in [6.45, 7) is 7.12. The molecule has 0 saturated carbocycles. The maximum absolute atomic E-state index is 13.2. The Morgan fingerprint density at radius 3 is 2.29 bits per heavy atom. The zero-order valence-corrected chi connectivity index (χ0v) is 12.5. The van der Waals surface area contributed by atoms with Crippen LogP contribution in [0.1, 0.15) is 37.9 Å². The third-order valence-electron chi connectivity index (χ3n) is 3.35. The van der Waals surface area contributed by atoms with Gasteiger partial charge in [-0.3, -0.25) is 4.90 Å². The second kappa shape index (κ2) is 7.22. The number of likely N-dealkylation sites (N-methyl/N-ethyl adjacent to an activating group) is 1. The third kappa shape index (κ3) is 4.68. The Labute approximate surface area is 122 Å². The quantitative estimate of drug-likeness (QED) is 0.810. The summed E-state index contributed by atoms with van der Waals surface area (Å²) < 4.78 is 52.6. The second-order valence-electron chi connectivity index (χ2n) is 5.46. The number of hydrogen-bond donors (Lipinski definition) is 1. The van der Waals surface area contributed by atoms with Crippen LogP contribution in [0.15, 0.2) is 18.2 Å². The van der Waals surface area contributed by atoms with E-state index >= 15 is 0 Å². The van der Waals surface area contributed by atoms with E-state index in [2.05, 4.69) is 0 Å². The number of rotatable bonds is 6. The van der Waals surface area contributed by atoms with Crippen molar-refractivity contribution in [3.8, 4) is 0 Å². The van der Waals surface area contributed by atoms with Crippen LogP contribution in [0, 0.1) is 11.7 Å². The van der Waals surface area contributed by atoms with E-state index < -0.39 is 23.6 Å². The van der Waals surface area contributed by atoms with E-state index in [4.69, 9.17) is 5.73 Å². The minimum absolute atomic E-state index is 0.0360. The van der Waals surface area contributed by atoms with Gasteiger partial charge in [0.2, 0.25) is 0 Å². The highest BCUT2D eigenvalue weighted by molar-refractivity contribution is 5.33. The molecule has 0 aromatic heterocycles. The van der Waals surface area contributed by atoms with Crippen LogP contribution < -0.4 is 5.73 Å². The van der Waals surface area contributed by atoms with Gasteiger partial charge in [0, 0.05) is 19.1 Å². The third-order valence-corrected chi connectivity index (χ3v) is 3.35. The molecule has 120 valence electrons. The van der Waals surface area contributed by atoms with Crippen LogP contribution in [0.2, 0.25) is 0 Å². The lowest BCUT2D eigenvalue weighted by Gasteiger charge is -2.33. The first-order valence-corrected chi connectivity index (χ1v) is 7.01. The highest BCUT2D eigenvalue weighted by Gasteiger charge is 2.36. The number of nitrogens with two attached hydrogens (primary N) is 1. The molecule has 2 nitrogen and oxygen atoms in total. The van der Waals surface area contributed by atoms with E-state index in [0.29, 0.717) is 25.1 Å². The second-order valence-corrected chi connectivity index (χ2v) is 5.46. The predicted molar refractivity (Wildman–Crippen MR) is 75.3 cm³/mol. The highest BCUT2D eigenvalue weighted by atomic mass is 19.4. The van der Waals surface area contributed by atoms with E-state index in [1.54, 1.807) is 0 Å². The molecule has 21 heavy (non-hydrogen) atoms. The van der Waals surface area contributed by atoms with Crippen LogP contribution in [-0.2, 0) is 6.18 Å². The fourth-order valence-electron chi connectivity index (χ4n) is 2.48. The Kier molecular flexibility index (Phi) is 6.16. The SMILES string of the molecule is CCN(CC(C)C)C(CN)c1ccc(F)cc1C(F)(F)F. The molecule has 0 spiro atoms. The van der Waals surface area contributed by atoms with Crippen LogP contribution in [-0.4, -0.2) is 24.5 Å². The standard InChI is InChI=1S/C15H22F4N2/c1-4-21(9-10(2)3)14(8-20)12-6-5-11(16)7-13(12)15(17,18)19/h5-7,10,14H,4,8-9,20H2,1-3H3. The summed E-state index contributed by atoms with van der Waals surface area (Å²) in [5.74, 6) is -0.595. The molecular formula is C15H22F4N2. The smallest absolute Gasteiger partial charge is 0.329 e. The van der Waals surface area contributed by atoms with Crippen LogP contribution in [0.3, 0.4) is 0 Å². The van der Waals surface area contributed by atoms with Crippen molar-refractivity contribution >= 4 is 0 Å². The maximum atomic E-state index is 13.2. The minimum Gasteiger partial charge on any atom is -0.329 e. The van der Waals surface area contributed by atoms with Crippen molar-refractivity contribution in [1.29, 1.82) is 0 Å². The lowest BCUT2D eigenvalue weighted by Crippen LogP contribution is -2.37. The summed E-state index contributed by atoms with van der Waals surface area (Å²) >= 11 is 0. The Morgan fingerprint density at radius 1 is 1.24 bits per heavy atom. The van der Waals surface area contributed by atoms with E-state index in [0.717, 1.165) is 6.07 Å². The molecule has 1 unspecified atom stereocenters. The molecule has 1 aromatic carbocycles. The first-order valence-electron chi connectivity index (χ1n) is 7.01. The lowest BCUT2D eigenvalue weighted by molar-refractivity contribution is -0.139. The summed E-state index contributed by atoms with van der Waals surface area (Å²) in [5.41, 5.74) is 4.80. The Morgan fingerprint density at radius 2 is 1.86 bits per heavy atom. The van der Waals surface area contributed by atoms with Gasteiger partial charge in [0.05, 0.1) is 5.56 Å². The van der Waals surface area contributed by atoms with Gasteiger partial charge in [-0.15, -0.1) is 0 Å². The zero-order valence-electron chi connectivity index (χ0n) is 12.5. The average molecular weight is 306 g/mol. The van der Waals surface area contributed by atoms with Crippen LogP contribution in [0.4, 0.5) is 17.6 Å². The van der Waals surface area contributed by atoms with Gasteiger partial charge in [-0.05, 0) is 30.2 Å². The molecule has 0 aliphatic rings. The molecule has 0 aliphatic carbocycles. The lowest BCUT2D eigenvalue weighted by atomic mass is 9.97. The molecule has 0 fully saturated rings. The van der Waals surface area contributed by atoms with Gasteiger partial charge in [0.15, 0.2) is 0 Å². The van der Waals surface area contributed by atoms with Gasteiger partial charge in [-0.1, -0.05) is 26.8 Å². The van der Waals surface area contributed by atoms with Gasteiger partial charge in [-0.25, -0.2) is 4.39 Å². The molecule has 1 aromatic rings. The summed E-state index contributed by atoms with van der Waals surface area (Å²) in [5, 5.41) is 0. The Bertz CT molecular complexity index is 457. The van der Waals surface area contributed by atoms with Gasteiger partial charge in [0.25, 0.3) is 0 Å². The Hall–Kier alpha value is -1.14. The van der Waals surface area contributed by atoms with Crippen molar-refractivity contribution in [2.75, 3.05) is 19.6 Å². The molecule has 0 aliphatic heterocycles. The zero-order chi connectivity index (χ0) is 16.2. The predicted octanol–water partition coefficient (Wildman–Crippen LogP) is 3.82. The average Bonchev–Trinajstić information content (AvgIpc) is 2.38. The van der Waals surface area contributed by atoms with Gasteiger partial charge in [-0.2, -0.15) is 13.2 Å². The van der Waals surface area contributed by atoms with Crippen molar-refractivity contribution in [3.05, 3.63) is 35.1 Å². The Balaban J connectivity index is 3.27. The molecule has 6 heteroatoms. The van der Waals surface area contributed by atoms with E-state index in [-0.39, 0.29) is 12.1 Å². The topological polar surface area (TPSA) is 29.3 Å². The monoisotopic (exact) mass is 306 g/mol. The van der Waals surface area contributed by atoms with Crippen molar-refractivity contribution in [3.63, 3.8) is 0 Å². The molecule has 2 N–H and O–H groups in total. The van der Waals surface area contributed by atoms with Gasteiger partial charge >= 0.3 is 6.18 Å². The molecule has 1 atom stereocenters. The van der Waals surface area contributed by atoms with Crippen LogP contribution in [0.5, 0.6) is 0 Å². The molecule has 0 bridgehead atoms. The van der Waals surface area contributed by atoms with E-state index in [1.807, 2.05) is 25.7 Å². The number of nitrogens with zero attached hydrogens (tertiary/aromatic N) is 1. The molecule has 1 rings (SSSR count). The highest BCUT2D eigenvalue weighted by Crippen LogP contribution is 2.36. The summed E-state index contributed by atoms with van der Waals surface area (Å²) in [4.78, 5) is 1.90. The van der Waals surface area contributed by atoms with Gasteiger partial charge in [0.1, 0.15) is 5.82 Å². The van der Waals surface area contributed by atoms with Crippen molar-refractivity contribution in [2.45, 2.75) is 33.0 Å². The molecule has 0 radical (unpaired) electrons. The number of alkyl halides is 3. The number of benzene rings is 1.